The number of benzene rings is 2. The van der Waals surface area contributed by atoms with Gasteiger partial charge < -0.3 is 5.32 Å². The summed E-state index contributed by atoms with van der Waals surface area (Å²) in [5, 5.41) is 2.91. The van der Waals surface area contributed by atoms with Gasteiger partial charge in [0.25, 0.3) is 0 Å². The molecule has 0 saturated carbocycles. The van der Waals surface area contributed by atoms with Crippen molar-refractivity contribution in [2.75, 3.05) is 5.32 Å². The van der Waals surface area contributed by atoms with Crippen molar-refractivity contribution in [2.45, 2.75) is 37.3 Å². The minimum atomic E-state index is -0.127. The summed E-state index contributed by atoms with van der Waals surface area (Å²) in [4.78, 5) is 13.4. The van der Waals surface area contributed by atoms with Gasteiger partial charge in [0.15, 0.2) is 0 Å². The smallest absolute Gasteiger partial charge is 0.237 e. The van der Waals surface area contributed by atoms with E-state index in [2.05, 4.69) is 43.4 Å². The van der Waals surface area contributed by atoms with E-state index in [1.54, 1.807) is 11.8 Å². The van der Waals surface area contributed by atoms with Crippen LogP contribution in [0.3, 0.4) is 0 Å². The molecule has 1 unspecified atom stereocenters. The average Bonchev–Trinajstić information content (AvgIpc) is 2.50. The van der Waals surface area contributed by atoms with Crippen LogP contribution >= 0.6 is 11.8 Å². The zero-order chi connectivity index (χ0) is 15.2. The van der Waals surface area contributed by atoms with E-state index in [0.29, 0.717) is 0 Å². The van der Waals surface area contributed by atoms with E-state index in [0.717, 1.165) is 17.0 Å². The third-order valence-corrected chi connectivity index (χ3v) is 4.47. The number of nitrogens with one attached hydrogen (secondary N) is 1. The van der Waals surface area contributed by atoms with Gasteiger partial charge in [-0.25, -0.2) is 0 Å². The molecule has 2 nitrogen and oxygen atoms in total. The molecule has 3 heteroatoms. The molecule has 0 saturated heterocycles. The summed E-state index contributed by atoms with van der Waals surface area (Å²) in [6.07, 6.45) is 0.913. The van der Waals surface area contributed by atoms with Gasteiger partial charge in [0.1, 0.15) is 0 Å². The number of anilines is 1. The second-order valence-corrected chi connectivity index (χ2v) is 6.49. The number of aryl methyl sites for hydroxylation is 2. The second kappa shape index (κ2) is 7.32. The van der Waals surface area contributed by atoms with Gasteiger partial charge in [-0.05, 0) is 44.0 Å². The summed E-state index contributed by atoms with van der Waals surface area (Å²) in [7, 11) is 0. The van der Waals surface area contributed by atoms with Gasteiger partial charge in [0, 0.05) is 10.6 Å². The molecule has 2 aromatic carbocycles. The summed E-state index contributed by atoms with van der Waals surface area (Å²) < 4.78 is 0. The molecule has 1 amide bonds. The summed E-state index contributed by atoms with van der Waals surface area (Å²) in [5.41, 5.74) is 3.31. The van der Waals surface area contributed by atoms with Crippen molar-refractivity contribution in [2.24, 2.45) is 0 Å². The Kier molecular flexibility index (Phi) is 5.45. The Bertz CT molecular complexity index is 607. The molecule has 0 heterocycles. The molecule has 1 N–H and O–H groups in total. The maximum absolute atomic E-state index is 12.3. The van der Waals surface area contributed by atoms with Gasteiger partial charge in [0.2, 0.25) is 5.91 Å². The van der Waals surface area contributed by atoms with Crippen LogP contribution in [0.25, 0.3) is 0 Å². The first-order valence-corrected chi connectivity index (χ1v) is 8.10. The Morgan fingerprint density at radius 3 is 2.48 bits per heavy atom. The van der Waals surface area contributed by atoms with Crippen molar-refractivity contribution in [3.63, 3.8) is 0 Å². The van der Waals surface area contributed by atoms with Crippen LogP contribution in [0, 0.1) is 6.92 Å². The van der Waals surface area contributed by atoms with Crippen LogP contribution in [0.1, 0.15) is 25.0 Å². The molecule has 110 valence electrons. The zero-order valence-corrected chi connectivity index (χ0v) is 13.5. The van der Waals surface area contributed by atoms with E-state index in [1.165, 1.54) is 11.1 Å². The number of amides is 1. The Labute approximate surface area is 131 Å². The number of para-hydroxylation sites is 1. The van der Waals surface area contributed by atoms with E-state index < -0.39 is 0 Å². The Hall–Kier alpha value is -1.74. The molecule has 1 atom stereocenters. The normalized spacial score (nSPS) is 12.0. The highest BCUT2D eigenvalue weighted by Crippen LogP contribution is 2.25. The van der Waals surface area contributed by atoms with Crippen molar-refractivity contribution < 1.29 is 4.79 Å². The topological polar surface area (TPSA) is 29.1 Å². The van der Waals surface area contributed by atoms with Crippen LogP contribution in [0.5, 0.6) is 0 Å². The first-order chi connectivity index (χ1) is 10.1. The fraction of sp³-hybridized carbons (Fsp3) is 0.278. The molecule has 0 radical (unpaired) electrons. The highest BCUT2D eigenvalue weighted by molar-refractivity contribution is 8.00. The van der Waals surface area contributed by atoms with Crippen molar-refractivity contribution in [1.29, 1.82) is 0 Å². The predicted molar refractivity (Wildman–Crippen MR) is 90.9 cm³/mol. The highest BCUT2D eigenvalue weighted by atomic mass is 32.2. The molecule has 0 spiro atoms. The van der Waals surface area contributed by atoms with Gasteiger partial charge in [0.05, 0.1) is 5.25 Å². The van der Waals surface area contributed by atoms with Gasteiger partial charge in [-0.2, -0.15) is 0 Å². The predicted octanol–water partition coefficient (Wildman–Crippen LogP) is 4.68. The lowest BCUT2D eigenvalue weighted by atomic mass is 10.1. The monoisotopic (exact) mass is 299 g/mol. The van der Waals surface area contributed by atoms with E-state index in [1.807, 2.05) is 31.2 Å². The summed E-state index contributed by atoms with van der Waals surface area (Å²) in [6, 6.07) is 16.2. The number of hydrogen-bond donors (Lipinski definition) is 1. The van der Waals surface area contributed by atoms with Crippen LogP contribution < -0.4 is 5.32 Å². The first kappa shape index (κ1) is 15.6. The van der Waals surface area contributed by atoms with Crippen LogP contribution in [0.4, 0.5) is 5.69 Å². The molecule has 0 aliphatic heterocycles. The molecule has 2 rings (SSSR count). The van der Waals surface area contributed by atoms with Crippen LogP contribution in [0.2, 0.25) is 0 Å². The summed E-state index contributed by atoms with van der Waals surface area (Å²) in [5.74, 6) is 0.0430. The molecule has 0 aliphatic carbocycles. The maximum atomic E-state index is 12.3. The third-order valence-electron chi connectivity index (χ3n) is 3.36. The minimum absolute atomic E-state index is 0.0430. The lowest BCUT2D eigenvalue weighted by Gasteiger charge is -2.14. The highest BCUT2D eigenvalue weighted by Gasteiger charge is 2.15. The number of rotatable bonds is 5. The van der Waals surface area contributed by atoms with Gasteiger partial charge >= 0.3 is 0 Å². The fourth-order valence-corrected chi connectivity index (χ4v) is 2.93. The van der Waals surface area contributed by atoms with Gasteiger partial charge in [-0.1, -0.05) is 42.8 Å². The number of carbonyl (C=O) groups is 1. The van der Waals surface area contributed by atoms with Gasteiger partial charge in [-0.15, -0.1) is 11.8 Å². The first-order valence-electron chi connectivity index (χ1n) is 7.22. The summed E-state index contributed by atoms with van der Waals surface area (Å²) >= 11 is 1.58. The van der Waals surface area contributed by atoms with Crippen molar-refractivity contribution in [3.05, 3.63) is 59.7 Å². The third kappa shape index (κ3) is 4.36. The average molecular weight is 299 g/mol. The quantitative estimate of drug-likeness (QED) is 0.812. The molecule has 2 aromatic rings. The molecule has 0 aliphatic rings. The van der Waals surface area contributed by atoms with Crippen LogP contribution in [-0.4, -0.2) is 11.2 Å². The molecular weight excluding hydrogens is 278 g/mol. The van der Waals surface area contributed by atoms with Crippen molar-refractivity contribution in [1.82, 2.24) is 0 Å². The van der Waals surface area contributed by atoms with Crippen LogP contribution in [0.15, 0.2) is 53.4 Å². The SMILES string of the molecule is CCc1ccccc1NC(=O)C(C)Sc1ccc(C)cc1. The van der Waals surface area contributed by atoms with E-state index in [9.17, 15) is 4.79 Å². The zero-order valence-electron chi connectivity index (χ0n) is 12.7. The van der Waals surface area contributed by atoms with Gasteiger partial charge in [-0.3, -0.25) is 4.79 Å². The Morgan fingerprint density at radius 2 is 1.81 bits per heavy atom. The van der Waals surface area contributed by atoms with Crippen LogP contribution in [-0.2, 0) is 11.2 Å². The molecule has 0 fully saturated rings. The van der Waals surface area contributed by atoms with E-state index >= 15 is 0 Å². The standard InChI is InChI=1S/C18H21NOS/c1-4-15-7-5-6-8-17(15)19-18(20)14(3)21-16-11-9-13(2)10-12-16/h5-12,14H,4H2,1-3H3,(H,19,20). The second-order valence-electron chi connectivity index (χ2n) is 5.07. The fourth-order valence-electron chi connectivity index (χ4n) is 2.06. The van der Waals surface area contributed by atoms with Crippen molar-refractivity contribution in [3.8, 4) is 0 Å². The molecular formula is C18H21NOS. The lowest BCUT2D eigenvalue weighted by Crippen LogP contribution is -2.23. The Morgan fingerprint density at radius 1 is 1.14 bits per heavy atom. The maximum Gasteiger partial charge on any atom is 0.237 e. The van der Waals surface area contributed by atoms with E-state index in [-0.39, 0.29) is 11.2 Å². The molecule has 21 heavy (non-hydrogen) atoms. The number of carbonyl (C=O) groups excluding carboxylic acids is 1. The minimum Gasteiger partial charge on any atom is -0.325 e. The number of hydrogen-bond acceptors (Lipinski definition) is 2. The van der Waals surface area contributed by atoms with E-state index in [4.69, 9.17) is 0 Å². The molecule has 0 bridgehead atoms. The summed E-state index contributed by atoms with van der Waals surface area (Å²) in [6.45, 7) is 6.09. The van der Waals surface area contributed by atoms with Crippen molar-refractivity contribution >= 4 is 23.4 Å². The number of thioether (sulfide) groups is 1. The lowest BCUT2D eigenvalue weighted by molar-refractivity contribution is -0.115. The molecule has 0 aromatic heterocycles. The largest absolute Gasteiger partial charge is 0.325 e. The Balaban J connectivity index is 2.01.